The Morgan fingerprint density at radius 3 is 2.63 bits per heavy atom. The maximum Gasteiger partial charge on any atom is 0.573 e. The Hall–Kier alpha value is -4.35. The van der Waals surface area contributed by atoms with Gasteiger partial charge in [-0.2, -0.15) is 4.98 Å². The summed E-state index contributed by atoms with van der Waals surface area (Å²) in [7, 11) is 0. The van der Waals surface area contributed by atoms with Gasteiger partial charge in [0.2, 0.25) is 11.7 Å². The number of halogens is 3. The molecular weight excluding hydrogens is 465 g/mol. The Balaban J connectivity index is 1.39. The fourth-order valence-corrected chi connectivity index (χ4v) is 3.80. The summed E-state index contributed by atoms with van der Waals surface area (Å²) >= 11 is 0. The highest BCUT2D eigenvalue weighted by Gasteiger charge is 2.36. The molecule has 4 aromatic rings. The second-order valence-electron chi connectivity index (χ2n) is 8.00. The number of urea groups is 1. The lowest BCUT2D eigenvalue weighted by Crippen LogP contribution is -2.41. The molecule has 0 saturated heterocycles. The monoisotopic (exact) mass is 484 g/mol. The van der Waals surface area contributed by atoms with E-state index < -0.39 is 12.4 Å². The number of aryl methyl sites for hydroxylation is 1. The van der Waals surface area contributed by atoms with Crippen molar-refractivity contribution < 1.29 is 27.2 Å². The van der Waals surface area contributed by atoms with E-state index in [1.54, 1.807) is 11.2 Å². The molecule has 1 aliphatic rings. The molecule has 5 rings (SSSR count). The maximum absolute atomic E-state index is 13.2. The molecule has 35 heavy (non-hydrogen) atoms. The predicted octanol–water partition coefficient (Wildman–Crippen LogP) is 5.00. The predicted molar refractivity (Wildman–Crippen MR) is 117 cm³/mol. The second-order valence-corrected chi connectivity index (χ2v) is 8.00. The Kier molecular flexibility index (Phi) is 5.63. The first-order chi connectivity index (χ1) is 16.7. The average Bonchev–Trinajstić information content (AvgIpc) is 3.48. The lowest BCUT2D eigenvalue weighted by atomic mass is 10.0. The van der Waals surface area contributed by atoms with Crippen LogP contribution in [0.25, 0.3) is 11.4 Å². The Morgan fingerprint density at radius 2 is 1.91 bits per heavy atom. The van der Waals surface area contributed by atoms with Crippen LogP contribution in [0.15, 0.2) is 59.4 Å². The van der Waals surface area contributed by atoms with Gasteiger partial charge in [-0.15, -0.1) is 13.2 Å². The number of carbonyl (C=O) groups excluding carboxylic acids is 1. The molecule has 2 aromatic heterocycles. The van der Waals surface area contributed by atoms with Crippen LogP contribution in [0, 0.1) is 6.92 Å². The Bertz CT molecular complexity index is 1330. The number of nitrogens with one attached hydrogen (secondary N) is 2. The van der Waals surface area contributed by atoms with E-state index in [4.69, 9.17) is 4.52 Å². The Labute approximate surface area is 196 Å². The van der Waals surface area contributed by atoms with Crippen LogP contribution < -0.4 is 10.1 Å². The van der Waals surface area contributed by atoms with Gasteiger partial charge in [-0.05, 0) is 43.3 Å². The van der Waals surface area contributed by atoms with Crippen molar-refractivity contribution in [3.63, 3.8) is 0 Å². The molecule has 2 amide bonds. The van der Waals surface area contributed by atoms with Crippen LogP contribution in [0.1, 0.15) is 28.9 Å². The first-order valence-corrected chi connectivity index (χ1v) is 10.6. The number of imidazole rings is 1. The molecule has 0 unspecified atom stereocenters. The third-order valence-electron chi connectivity index (χ3n) is 5.54. The number of carbonyl (C=O) groups is 1. The van der Waals surface area contributed by atoms with E-state index in [-0.39, 0.29) is 30.0 Å². The summed E-state index contributed by atoms with van der Waals surface area (Å²) in [6.07, 6.45) is -2.87. The van der Waals surface area contributed by atoms with Crippen LogP contribution in [0.5, 0.6) is 5.75 Å². The molecule has 0 bridgehead atoms. The number of hydrogen-bond donors (Lipinski definition) is 2. The van der Waals surface area contributed by atoms with Gasteiger partial charge in [-0.3, -0.25) is 0 Å². The SMILES string of the molecule is Cc1ccc(NC(=O)N2Cc3[nH]cnc3C[C@H]2c2nc(-c3ccc(OC(F)(F)F)cc3)no2)cc1. The van der Waals surface area contributed by atoms with Gasteiger partial charge in [0, 0.05) is 17.7 Å². The third kappa shape index (κ3) is 4.95. The summed E-state index contributed by atoms with van der Waals surface area (Å²) in [4.78, 5) is 26.5. The normalized spacial score (nSPS) is 15.5. The smallest absolute Gasteiger partial charge is 0.406 e. The number of amides is 2. The van der Waals surface area contributed by atoms with Crippen molar-refractivity contribution in [2.75, 3.05) is 5.32 Å². The van der Waals surface area contributed by atoms with E-state index in [9.17, 15) is 18.0 Å². The zero-order valence-electron chi connectivity index (χ0n) is 18.3. The second kappa shape index (κ2) is 8.78. The lowest BCUT2D eigenvalue weighted by molar-refractivity contribution is -0.274. The van der Waals surface area contributed by atoms with Crippen LogP contribution in [0.2, 0.25) is 0 Å². The summed E-state index contributed by atoms with van der Waals surface area (Å²) in [5.41, 5.74) is 3.73. The van der Waals surface area contributed by atoms with Crippen LogP contribution in [0.4, 0.5) is 23.7 Å². The van der Waals surface area contributed by atoms with Crippen LogP contribution in [0.3, 0.4) is 0 Å². The highest BCUT2D eigenvalue weighted by molar-refractivity contribution is 5.89. The van der Waals surface area contributed by atoms with E-state index >= 15 is 0 Å². The number of hydrogen-bond acceptors (Lipinski definition) is 6. The first kappa shape index (κ1) is 22.4. The van der Waals surface area contributed by atoms with E-state index in [0.717, 1.165) is 29.1 Å². The van der Waals surface area contributed by atoms with Gasteiger partial charge in [0.15, 0.2) is 0 Å². The molecule has 180 valence electrons. The van der Waals surface area contributed by atoms with Crippen LogP contribution in [-0.2, 0) is 13.0 Å². The molecule has 2 N–H and O–H groups in total. The number of H-pyrrole nitrogens is 1. The minimum absolute atomic E-state index is 0.172. The number of ether oxygens (including phenoxy) is 1. The summed E-state index contributed by atoms with van der Waals surface area (Å²) in [6.45, 7) is 2.20. The van der Waals surface area contributed by atoms with Gasteiger partial charge in [0.1, 0.15) is 11.8 Å². The van der Waals surface area contributed by atoms with Gasteiger partial charge >= 0.3 is 12.4 Å². The van der Waals surface area contributed by atoms with Gasteiger partial charge in [0.25, 0.3) is 0 Å². The van der Waals surface area contributed by atoms with Crippen molar-refractivity contribution in [2.45, 2.75) is 32.3 Å². The zero-order chi connectivity index (χ0) is 24.6. The molecule has 0 fully saturated rings. The van der Waals surface area contributed by atoms with Crippen molar-refractivity contribution in [1.82, 2.24) is 25.0 Å². The molecule has 0 aliphatic carbocycles. The molecular formula is C23H19F3N6O3. The largest absolute Gasteiger partial charge is 0.573 e. The fraction of sp³-hybridized carbons (Fsp3) is 0.217. The van der Waals surface area contributed by atoms with Crippen LogP contribution >= 0.6 is 0 Å². The van der Waals surface area contributed by atoms with Crippen molar-refractivity contribution in [3.05, 3.63) is 77.7 Å². The summed E-state index contributed by atoms with van der Waals surface area (Å²) < 4.78 is 46.6. The number of alkyl halides is 3. The zero-order valence-corrected chi connectivity index (χ0v) is 18.3. The van der Waals surface area contributed by atoms with E-state index in [1.807, 2.05) is 31.2 Å². The van der Waals surface area contributed by atoms with Crippen molar-refractivity contribution >= 4 is 11.7 Å². The molecule has 1 atom stereocenters. The standard InChI is InChI=1S/C23H19F3N6O3/c1-13-2-6-15(7-3-13)29-22(33)32-11-18-17(27-12-28-18)10-19(32)21-30-20(31-35-21)14-4-8-16(9-5-14)34-23(24,25)26/h2-9,12,19H,10-11H2,1H3,(H,27,28)(H,29,33)/t19-/m0/s1. The van der Waals surface area contributed by atoms with Crippen molar-refractivity contribution in [1.29, 1.82) is 0 Å². The highest BCUT2D eigenvalue weighted by atomic mass is 19.4. The molecule has 1 aliphatic heterocycles. The quantitative estimate of drug-likeness (QED) is 0.422. The van der Waals surface area contributed by atoms with Gasteiger partial charge < -0.3 is 24.5 Å². The average molecular weight is 484 g/mol. The summed E-state index contributed by atoms with van der Waals surface area (Å²) in [6, 6.07) is 11.6. The maximum atomic E-state index is 13.2. The van der Waals surface area contributed by atoms with Gasteiger partial charge in [0.05, 0.1) is 24.3 Å². The highest BCUT2D eigenvalue weighted by Crippen LogP contribution is 2.33. The third-order valence-corrected chi connectivity index (χ3v) is 5.54. The number of benzene rings is 2. The van der Waals surface area contributed by atoms with E-state index in [0.29, 0.717) is 17.7 Å². The van der Waals surface area contributed by atoms with Crippen molar-refractivity contribution in [3.8, 4) is 17.1 Å². The lowest BCUT2D eigenvalue weighted by Gasteiger charge is -2.32. The molecule has 12 heteroatoms. The molecule has 9 nitrogen and oxygen atoms in total. The molecule has 0 radical (unpaired) electrons. The minimum atomic E-state index is -4.78. The number of aromatic amines is 1. The Morgan fingerprint density at radius 1 is 1.17 bits per heavy atom. The van der Waals surface area contributed by atoms with Crippen LogP contribution in [-0.4, -0.2) is 37.4 Å². The van der Waals surface area contributed by atoms with Gasteiger partial charge in [-0.25, -0.2) is 9.78 Å². The topological polar surface area (TPSA) is 109 Å². The minimum Gasteiger partial charge on any atom is -0.406 e. The first-order valence-electron chi connectivity index (χ1n) is 10.6. The van der Waals surface area contributed by atoms with E-state index in [2.05, 4.69) is 30.2 Å². The number of nitrogens with zero attached hydrogens (tertiary/aromatic N) is 4. The van der Waals surface area contributed by atoms with E-state index in [1.165, 1.54) is 12.1 Å². The summed E-state index contributed by atoms with van der Waals surface area (Å²) in [5.74, 6) is -0.00383. The number of anilines is 1. The molecule has 0 saturated carbocycles. The fourth-order valence-electron chi connectivity index (χ4n) is 3.80. The molecule has 3 heterocycles. The number of aromatic nitrogens is 4. The van der Waals surface area contributed by atoms with Gasteiger partial charge in [-0.1, -0.05) is 22.9 Å². The molecule has 0 spiro atoms. The summed E-state index contributed by atoms with van der Waals surface area (Å²) in [5, 5.41) is 6.84. The number of rotatable bonds is 4. The van der Waals surface area contributed by atoms with Crippen molar-refractivity contribution in [2.24, 2.45) is 0 Å². The number of fused-ring (bicyclic) bond motifs is 1. The molecule has 2 aromatic carbocycles.